The van der Waals surface area contributed by atoms with Gasteiger partial charge in [0, 0.05) is 17.4 Å². The number of nitrogens with one attached hydrogen (secondary N) is 1. The molecule has 0 radical (unpaired) electrons. The average Bonchev–Trinajstić information content (AvgIpc) is 3.12. The second-order valence-corrected chi connectivity index (χ2v) is 6.10. The first-order valence-corrected chi connectivity index (χ1v) is 8.45. The smallest absolute Gasteiger partial charge is 0.255 e. The molecule has 0 aliphatic heterocycles. The molecule has 4 rings (SSSR count). The molecule has 1 amide bonds. The van der Waals surface area contributed by atoms with E-state index in [-0.39, 0.29) is 5.91 Å². The Bertz CT molecular complexity index is 1120. The zero-order chi connectivity index (χ0) is 18.8. The van der Waals surface area contributed by atoms with Crippen molar-refractivity contribution >= 4 is 34.4 Å². The van der Waals surface area contributed by atoms with E-state index in [1.807, 2.05) is 6.07 Å². The van der Waals surface area contributed by atoms with Gasteiger partial charge in [0.25, 0.3) is 5.91 Å². The lowest BCUT2D eigenvalue weighted by Crippen LogP contribution is -2.12. The summed E-state index contributed by atoms with van der Waals surface area (Å²) in [6.45, 7) is 0. The summed E-state index contributed by atoms with van der Waals surface area (Å²) in [5, 5.41) is 11.4. The zero-order valence-corrected chi connectivity index (χ0v) is 15.0. The van der Waals surface area contributed by atoms with E-state index in [1.54, 1.807) is 59.4 Å². The molecule has 134 valence electrons. The molecule has 0 aliphatic rings. The number of anilines is 1. The van der Waals surface area contributed by atoms with Crippen LogP contribution in [0.15, 0.2) is 60.8 Å². The van der Waals surface area contributed by atoms with E-state index in [0.29, 0.717) is 33.2 Å². The summed E-state index contributed by atoms with van der Waals surface area (Å²) in [6.07, 6.45) is 1.68. The summed E-state index contributed by atoms with van der Waals surface area (Å²) in [6, 6.07) is 15.7. The van der Waals surface area contributed by atoms with Gasteiger partial charge >= 0.3 is 0 Å². The Morgan fingerprint density at radius 2 is 1.96 bits per heavy atom. The lowest BCUT2D eigenvalue weighted by molar-refractivity contribution is 0.102. The molecule has 0 saturated heterocycles. The number of methoxy groups -OCH3 is 1. The molecule has 0 saturated carbocycles. The number of carbonyl (C=O) groups is 1. The number of fused-ring (bicyclic) bond motifs is 1. The fourth-order valence-electron chi connectivity index (χ4n) is 2.64. The minimum absolute atomic E-state index is 0.246. The van der Waals surface area contributed by atoms with E-state index in [2.05, 4.69) is 20.6 Å². The molecular weight excluding hydrogens is 366 g/mol. The van der Waals surface area contributed by atoms with Crippen LogP contribution in [0.3, 0.4) is 0 Å². The molecule has 1 N–H and O–H groups in total. The fourth-order valence-corrected chi connectivity index (χ4v) is 2.90. The number of carbonyl (C=O) groups excluding carboxylic acids is 1. The van der Waals surface area contributed by atoms with Crippen LogP contribution in [0.2, 0.25) is 5.02 Å². The third kappa shape index (κ3) is 3.32. The number of hydrogen-bond donors (Lipinski definition) is 1. The molecule has 0 atom stereocenters. The van der Waals surface area contributed by atoms with Gasteiger partial charge in [0.1, 0.15) is 11.3 Å². The number of rotatable bonds is 4. The van der Waals surface area contributed by atoms with Gasteiger partial charge in [0.15, 0.2) is 5.65 Å². The topological polar surface area (TPSA) is 81.9 Å². The molecule has 0 bridgehead atoms. The summed E-state index contributed by atoms with van der Waals surface area (Å²) < 4.78 is 6.73. The van der Waals surface area contributed by atoms with Gasteiger partial charge < -0.3 is 10.1 Å². The number of nitrogens with zero attached hydrogens (tertiary/aromatic N) is 4. The van der Waals surface area contributed by atoms with Crippen LogP contribution in [-0.2, 0) is 0 Å². The highest BCUT2D eigenvalue weighted by atomic mass is 35.5. The lowest BCUT2D eigenvalue weighted by Gasteiger charge is -2.08. The first-order chi connectivity index (χ1) is 13.2. The number of pyridine rings is 1. The van der Waals surface area contributed by atoms with E-state index in [9.17, 15) is 4.79 Å². The van der Waals surface area contributed by atoms with Crippen molar-refractivity contribution in [3.8, 4) is 11.4 Å². The number of halogens is 1. The summed E-state index contributed by atoms with van der Waals surface area (Å²) in [4.78, 5) is 16.7. The maximum atomic E-state index is 12.5. The predicted octanol–water partition coefficient (Wildman–Crippen LogP) is 3.73. The van der Waals surface area contributed by atoms with Gasteiger partial charge in [-0.15, -0.1) is 5.10 Å². The van der Waals surface area contributed by atoms with Gasteiger partial charge in [-0.25, -0.2) is 4.98 Å². The molecular formula is C19H14ClN5O2. The SMILES string of the molecule is COc1ccc(NC(=O)c2ccc(-n3nnc4cccnc43)cc2)cc1Cl. The van der Waals surface area contributed by atoms with Crippen molar-refractivity contribution in [2.75, 3.05) is 12.4 Å². The van der Waals surface area contributed by atoms with E-state index in [1.165, 1.54) is 7.11 Å². The molecule has 2 aromatic heterocycles. The van der Waals surface area contributed by atoms with Crippen LogP contribution in [0.5, 0.6) is 5.75 Å². The third-order valence-electron chi connectivity index (χ3n) is 3.99. The van der Waals surface area contributed by atoms with Crippen molar-refractivity contribution < 1.29 is 9.53 Å². The van der Waals surface area contributed by atoms with Crippen LogP contribution in [0.4, 0.5) is 5.69 Å². The highest BCUT2D eigenvalue weighted by Crippen LogP contribution is 2.27. The molecule has 4 aromatic rings. The Hall–Kier alpha value is -3.45. The number of hydrogen-bond acceptors (Lipinski definition) is 5. The maximum Gasteiger partial charge on any atom is 0.255 e. The summed E-state index contributed by atoms with van der Waals surface area (Å²) in [5.74, 6) is 0.303. The molecule has 0 unspecified atom stereocenters. The van der Waals surface area contributed by atoms with E-state index < -0.39 is 0 Å². The Labute approximate surface area is 159 Å². The number of amides is 1. The van der Waals surface area contributed by atoms with Gasteiger partial charge in [-0.05, 0) is 54.6 Å². The molecule has 0 aliphatic carbocycles. The maximum absolute atomic E-state index is 12.5. The number of aromatic nitrogens is 4. The Morgan fingerprint density at radius 3 is 2.70 bits per heavy atom. The van der Waals surface area contributed by atoms with E-state index in [4.69, 9.17) is 16.3 Å². The van der Waals surface area contributed by atoms with Gasteiger partial charge in [-0.1, -0.05) is 16.8 Å². The molecule has 2 aromatic carbocycles. The third-order valence-corrected chi connectivity index (χ3v) is 4.29. The van der Waals surface area contributed by atoms with E-state index >= 15 is 0 Å². The summed E-state index contributed by atoms with van der Waals surface area (Å²) in [7, 11) is 1.54. The second kappa shape index (κ2) is 7.05. The summed E-state index contributed by atoms with van der Waals surface area (Å²) in [5.41, 5.74) is 3.21. The minimum atomic E-state index is -0.246. The van der Waals surface area contributed by atoms with Crippen molar-refractivity contribution in [2.24, 2.45) is 0 Å². The summed E-state index contributed by atoms with van der Waals surface area (Å²) >= 11 is 6.09. The Morgan fingerprint density at radius 1 is 1.15 bits per heavy atom. The van der Waals surface area contributed by atoms with Crippen LogP contribution in [-0.4, -0.2) is 33.0 Å². The van der Waals surface area contributed by atoms with Gasteiger partial charge in [0.2, 0.25) is 0 Å². The zero-order valence-electron chi connectivity index (χ0n) is 14.3. The average molecular weight is 380 g/mol. The molecule has 0 fully saturated rings. The molecule has 2 heterocycles. The Kier molecular flexibility index (Phi) is 4.43. The van der Waals surface area contributed by atoms with Crippen LogP contribution in [0.1, 0.15) is 10.4 Å². The first kappa shape index (κ1) is 17.0. The molecule has 27 heavy (non-hydrogen) atoms. The van der Waals surface area contributed by atoms with Crippen LogP contribution in [0.25, 0.3) is 16.9 Å². The van der Waals surface area contributed by atoms with Crippen LogP contribution in [0, 0.1) is 0 Å². The first-order valence-electron chi connectivity index (χ1n) is 8.07. The van der Waals surface area contributed by atoms with Crippen LogP contribution < -0.4 is 10.1 Å². The molecule has 7 nitrogen and oxygen atoms in total. The second-order valence-electron chi connectivity index (χ2n) is 5.70. The Balaban J connectivity index is 1.55. The number of ether oxygens (including phenoxy) is 1. The van der Waals surface area contributed by atoms with Crippen molar-refractivity contribution in [1.82, 2.24) is 20.0 Å². The molecule has 8 heteroatoms. The van der Waals surface area contributed by atoms with E-state index in [0.717, 1.165) is 5.69 Å². The van der Waals surface area contributed by atoms with Crippen LogP contribution >= 0.6 is 11.6 Å². The van der Waals surface area contributed by atoms with Gasteiger partial charge in [-0.3, -0.25) is 4.79 Å². The quantitative estimate of drug-likeness (QED) is 0.584. The normalized spacial score (nSPS) is 10.7. The largest absolute Gasteiger partial charge is 0.495 e. The lowest BCUT2D eigenvalue weighted by atomic mass is 10.2. The highest BCUT2D eigenvalue weighted by Gasteiger charge is 2.11. The predicted molar refractivity (Wildman–Crippen MR) is 103 cm³/mol. The minimum Gasteiger partial charge on any atom is -0.495 e. The monoisotopic (exact) mass is 379 g/mol. The van der Waals surface area contributed by atoms with Crippen molar-refractivity contribution in [3.05, 3.63) is 71.4 Å². The standard InChI is InChI=1S/C19H14ClN5O2/c1-27-17-9-6-13(11-15(17)20)22-19(26)12-4-7-14(8-5-12)25-18-16(23-24-25)3-2-10-21-18/h2-11H,1H3,(H,22,26). The highest BCUT2D eigenvalue weighted by molar-refractivity contribution is 6.32. The van der Waals surface area contributed by atoms with Crippen molar-refractivity contribution in [1.29, 1.82) is 0 Å². The van der Waals surface area contributed by atoms with Gasteiger partial charge in [0.05, 0.1) is 17.8 Å². The number of benzene rings is 2. The fraction of sp³-hybridized carbons (Fsp3) is 0.0526. The van der Waals surface area contributed by atoms with Crippen molar-refractivity contribution in [2.45, 2.75) is 0 Å². The van der Waals surface area contributed by atoms with Gasteiger partial charge in [-0.2, -0.15) is 4.68 Å². The van der Waals surface area contributed by atoms with Crippen molar-refractivity contribution in [3.63, 3.8) is 0 Å². The molecule has 0 spiro atoms.